The molecule has 264 valence electrons. The third-order valence-electron chi connectivity index (χ3n) is 9.52. The number of benzene rings is 2. The molecular formula is C38H50IN5O5. The summed E-state index contributed by atoms with van der Waals surface area (Å²) in [6, 6.07) is 16.7. The molecule has 5 rings (SSSR count). The summed E-state index contributed by atoms with van der Waals surface area (Å²) in [5.74, 6) is 1.36. The number of ether oxygens (including phenoxy) is 1. The summed E-state index contributed by atoms with van der Waals surface area (Å²) < 4.78 is 14.6. The van der Waals surface area contributed by atoms with Crippen LogP contribution in [-0.2, 0) is 7.86 Å². The number of aliphatic hydroxyl groups is 1. The fraction of sp³-hybridized carbons (Fsp3) is 0.526. The molecule has 1 aromatic heterocycles. The molecule has 1 saturated carbocycles. The number of hydrogen-bond donors (Lipinski definition) is 2. The predicted octanol–water partition coefficient (Wildman–Crippen LogP) is 7.65. The van der Waals surface area contributed by atoms with Gasteiger partial charge in [-0.2, -0.15) is 5.26 Å². The van der Waals surface area contributed by atoms with Crippen molar-refractivity contribution in [1.29, 1.82) is 5.26 Å². The van der Waals surface area contributed by atoms with Crippen LogP contribution in [0, 0.1) is 23.2 Å². The van der Waals surface area contributed by atoms with Gasteiger partial charge in [-0.3, -0.25) is 0 Å². The van der Waals surface area contributed by atoms with E-state index < -0.39 is 31.9 Å². The zero-order chi connectivity index (χ0) is 35.1. The Morgan fingerprint density at radius 3 is 2.47 bits per heavy atom. The van der Waals surface area contributed by atoms with Crippen LogP contribution in [0.1, 0.15) is 89.3 Å². The van der Waals surface area contributed by atoms with Crippen molar-refractivity contribution in [3.63, 3.8) is 0 Å². The monoisotopic (exact) mass is 783 g/mol. The first-order valence-corrected chi connectivity index (χ1v) is 21.2. The van der Waals surface area contributed by atoms with Gasteiger partial charge >= 0.3 is 245 Å². The Bertz CT molecular complexity index is 1630. The topological polar surface area (TPSA) is 130 Å². The van der Waals surface area contributed by atoms with Crippen LogP contribution in [0.4, 0.5) is 10.5 Å². The fourth-order valence-electron chi connectivity index (χ4n) is 6.65. The van der Waals surface area contributed by atoms with Crippen molar-refractivity contribution in [2.75, 3.05) is 34.0 Å². The zero-order valence-corrected chi connectivity index (χ0v) is 31.5. The van der Waals surface area contributed by atoms with Crippen molar-refractivity contribution in [2.24, 2.45) is 11.8 Å². The van der Waals surface area contributed by atoms with Gasteiger partial charge in [0.1, 0.15) is 11.8 Å². The molecule has 0 unspecified atom stereocenters. The first-order chi connectivity index (χ1) is 23.4. The Morgan fingerprint density at radius 1 is 1.10 bits per heavy atom. The van der Waals surface area contributed by atoms with Crippen molar-refractivity contribution in [3.05, 3.63) is 66.0 Å². The van der Waals surface area contributed by atoms with Crippen molar-refractivity contribution in [3.8, 4) is 22.9 Å². The van der Waals surface area contributed by atoms with E-state index in [4.69, 9.17) is 7.80 Å². The van der Waals surface area contributed by atoms with Crippen molar-refractivity contribution in [2.45, 2.75) is 83.8 Å². The van der Waals surface area contributed by atoms with E-state index >= 15 is 0 Å². The molecule has 1 saturated heterocycles. The molecule has 1 aliphatic carbocycles. The molecular weight excluding hydrogens is 733 g/mol. The first kappa shape index (κ1) is 36.6. The standard InChI is InChI=1S/C38H50IN5O5/c1-26(2)44-24-33(22-42-44)30-7-6-8-34(20-30)43(36(45)29-15-17-39(18-16-29)49-37(46)41-25-38(3,4)47)23-27-9-11-28(12-10-27)31-13-14-35(48-5)32(19-31)21-40/h6-8,13-14,19-20,22,24,26-29,47H,9-12,15-18,23,25H2,1-5H3,(H,41,46). The SMILES string of the molecule is COc1ccc(C2CCC(CN(C(=O)C3CCI(OC(=O)NCC(C)(C)O)CC3)c3cccc(-c4cnn(C(C)C)c4)c3)CC2)cc1C#N. The number of amides is 2. The smallest absolute Gasteiger partial charge is 0.192 e. The number of rotatable bonds is 11. The van der Waals surface area contributed by atoms with Crippen LogP contribution >= 0.6 is 20.2 Å². The Labute approximate surface area is 298 Å². The quantitative estimate of drug-likeness (QED) is 0.151. The minimum absolute atomic E-state index is 0.121. The average molecular weight is 784 g/mol. The second kappa shape index (κ2) is 16.4. The molecule has 3 aromatic rings. The normalized spacial score (nSPS) is 19.3. The van der Waals surface area contributed by atoms with Crippen LogP contribution in [0.15, 0.2) is 54.9 Å². The number of halogens is 1. The Kier molecular flexibility index (Phi) is 12.3. The predicted molar refractivity (Wildman–Crippen MR) is 200 cm³/mol. The van der Waals surface area contributed by atoms with Gasteiger partial charge in [0.25, 0.3) is 0 Å². The maximum absolute atomic E-state index is 14.4. The number of alkyl halides is 2. The molecule has 0 radical (unpaired) electrons. The number of methoxy groups -OCH3 is 1. The Hall–Kier alpha value is -3.63. The molecule has 0 spiro atoms. The molecule has 1 aliphatic heterocycles. The van der Waals surface area contributed by atoms with E-state index in [1.54, 1.807) is 21.0 Å². The van der Waals surface area contributed by atoms with Crippen molar-refractivity contribution < 1.29 is 22.5 Å². The van der Waals surface area contributed by atoms with E-state index in [0.29, 0.717) is 42.5 Å². The second-order valence-electron chi connectivity index (χ2n) is 14.2. The minimum Gasteiger partial charge on any atom is -0.192 e. The molecule has 2 amide bonds. The van der Waals surface area contributed by atoms with E-state index in [0.717, 1.165) is 51.4 Å². The van der Waals surface area contributed by atoms with Crippen LogP contribution in [0.25, 0.3) is 11.1 Å². The number of carbonyl (C=O) groups excluding carboxylic acids is 2. The molecule has 10 nitrogen and oxygen atoms in total. The number of carbonyl (C=O) groups is 2. The van der Waals surface area contributed by atoms with Gasteiger partial charge in [-0.1, -0.05) is 0 Å². The molecule has 11 heteroatoms. The summed E-state index contributed by atoms with van der Waals surface area (Å²) in [6.45, 7) is 8.27. The minimum atomic E-state index is -1.99. The maximum atomic E-state index is 14.4. The van der Waals surface area contributed by atoms with E-state index in [2.05, 4.69) is 54.7 Å². The van der Waals surface area contributed by atoms with Crippen LogP contribution in [0.5, 0.6) is 5.75 Å². The zero-order valence-electron chi connectivity index (χ0n) is 29.3. The summed E-state index contributed by atoms with van der Waals surface area (Å²) in [6.07, 6.45) is 8.90. The number of nitriles is 1. The summed E-state index contributed by atoms with van der Waals surface area (Å²) in [5.41, 5.74) is 3.69. The van der Waals surface area contributed by atoms with Gasteiger partial charge in [-0.25, -0.2) is 0 Å². The average Bonchev–Trinajstić information content (AvgIpc) is 3.61. The van der Waals surface area contributed by atoms with Crippen LogP contribution in [0.2, 0.25) is 0 Å². The van der Waals surface area contributed by atoms with E-state index in [9.17, 15) is 20.0 Å². The molecule has 2 aliphatic rings. The van der Waals surface area contributed by atoms with E-state index in [1.165, 1.54) is 5.56 Å². The van der Waals surface area contributed by atoms with Gasteiger partial charge in [0.15, 0.2) is 0 Å². The summed E-state index contributed by atoms with van der Waals surface area (Å²) in [7, 11) is 1.59. The third-order valence-corrected chi connectivity index (χ3v) is 14.2. The molecule has 0 bridgehead atoms. The molecule has 2 N–H and O–H groups in total. The second-order valence-corrected chi connectivity index (χ2v) is 19.1. The van der Waals surface area contributed by atoms with Crippen molar-refractivity contribution >= 4 is 37.9 Å². The van der Waals surface area contributed by atoms with Gasteiger partial charge in [0.05, 0.1) is 12.7 Å². The molecule has 0 atom stereocenters. The number of hydrogen-bond acceptors (Lipinski definition) is 7. The third kappa shape index (κ3) is 9.75. The first-order valence-electron chi connectivity index (χ1n) is 17.3. The fourth-order valence-corrected chi connectivity index (χ4v) is 11.2. The van der Waals surface area contributed by atoms with E-state index in [1.807, 2.05) is 40.0 Å². The molecule has 2 aromatic carbocycles. The molecule has 2 heterocycles. The van der Waals surface area contributed by atoms with Crippen LogP contribution in [0.3, 0.4) is 0 Å². The van der Waals surface area contributed by atoms with Gasteiger partial charge < -0.3 is 4.74 Å². The number of nitrogens with one attached hydrogen (secondary N) is 1. The van der Waals surface area contributed by atoms with Crippen LogP contribution < -0.4 is 15.0 Å². The Balaban J connectivity index is 1.29. The van der Waals surface area contributed by atoms with Crippen LogP contribution in [-0.4, -0.2) is 61.5 Å². The van der Waals surface area contributed by atoms with Gasteiger partial charge in [0.2, 0.25) is 0 Å². The number of aromatic nitrogens is 2. The molecule has 49 heavy (non-hydrogen) atoms. The number of nitrogens with zero attached hydrogens (tertiary/aromatic N) is 4. The van der Waals surface area contributed by atoms with Crippen molar-refractivity contribution in [1.82, 2.24) is 15.1 Å². The Morgan fingerprint density at radius 2 is 1.84 bits per heavy atom. The van der Waals surface area contributed by atoms with E-state index in [-0.39, 0.29) is 24.4 Å². The van der Waals surface area contributed by atoms with Gasteiger partial charge in [-0.05, 0) is 19.9 Å². The number of anilines is 1. The van der Waals surface area contributed by atoms with Gasteiger partial charge in [0, 0.05) is 0 Å². The molecule has 2 fully saturated rings. The summed E-state index contributed by atoms with van der Waals surface area (Å²) in [4.78, 5) is 28.8. The van der Waals surface area contributed by atoms with Gasteiger partial charge in [-0.15, -0.1) is 0 Å². The summed E-state index contributed by atoms with van der Waals surface area (Å²) >= 11 is -1.99. The summed E-state index contributed by atoms with van der Waals surface area (Å²) in [5, 5.41) is 26.7.